The Hall–Kier alpha value is -2.91. The number of rotatable bonds is 5. The first kappa shape index (κ1) is 25.7. The molecule has 0 bridgehead atoms. The van der Waals surface area contributed by atoms with Gasteiger partial charge in [0.25, 0.3) is 11.9 Å². The van der Waals surface area contributed by atoms with Crippen molar-refractivity contribution in [1.29, 1.82) is 0 Å². The number of carbonyl (C=O) groups is 1. The second kappa shape index (κ2) is 10.6. The van der Waals surface area contributed by atoms with Crippen LogP contribution in [-0.2, 0) is 10.3 Å². The number of hydrogen-bond donors (Lipinski definition) is 1. The first-order chi connectivity index (χ1) is 16.1. The summed E-state index contributed by atoms with van der Waals surface area (Å²) in [6.45, 7) is 13.7. The average Bonchev–Trinajstić information content (AvgIpc) is 2.80. The van der Waals surface area contributed by atoms with Gasteiger partial charge < -0.3 is 4.74 Å². The van der Waals surface area contributed by atoms with Gasteiger partial charge in [0.15, 0.2) is 5.54 Å². The number of halogens is 1. The van der Waals surface area contributed by atoms with Gasteiger partial charge in [0, 0.05) is 17.5 Å². The standard InChI is InChI=1S/C28H35FN2O2Si/c1-20(2)34(21(3)4,22(5)6)19-17-28(24-14-10-11-15-25(24)29)16-18-33-27(31-28)30-26(32)23-12-8-7-9-13-23/h7-15,20-22H,16,18H2,1-6H3,(H,30,31,32)/t28-/m1/s1. The summed E-state index contributed by atoms with van der Waals surface area (Å²) in [6.07, 6.45) is 0.407. The van der Waals surface area contributed by atoms with Crippen molar-refractivity contribution in [2.24, 2.45) is 4.99 Å². The first-order valence-electron chi connectivity index (χ1n) is 12.0. The Balaban J connectivity index is 2.13. The third-order valence-electron chi connectivity index (χ3n) is 6.92. The Morgan fingerprint density at radius 2 is 1.59 bits per heavy atom. The molecule has 1 N–H and O–H groups in total. The predicted molar refractivity (Wildman–Crippen MR) is 139 cm³/mol. The van der Waals surface area contributed by atoms with E-state index in [1.165, 1.54) is 6.07 Å². The van der Waals surface area contributed by atoms with Gasteiger partial charge in [0.1, 0.15) is 13.9 Å². The monoisotopic (exact) mass is 478 g/mol. The molecule has 0 aromatic heterocycles. The fourth-order valence-corrected chi connectivity index (χ4v) is 10.5. The fraction of sp³-hybridized carbons (Fsp3) is 0.429. The zero-order chi connectivity index (χ0) is 24.9. The number of aliphatic imine (C=N–C) groups is 1. The van der Waals surface area contributed by atoms with Crippen LogP contribution in [-0.4, -0.2) is 26.6 Å². The van der Waals surface area contributed by atoms with Crippen LogP contribution in [0.5, 0.6) is 0 Å². The third kappa shape index (κ3) is 5.10. The van der Waals surface area contributed by atoms with Crippen LogP contribution in [0.25, 0.3) is 0 Å². The first-order valence-corrected chi connectivity index (χ1v) is 14.2. The van der Waals surface area contributed by atoms with E-state index in [0.29, 0.717) is 34.2 Å². The molecular weight excluding hydrogens is 443 g/mol. The lowest BCUT2D eigenvalue weighted by atomic mass is 9.87. The molecule has 180 valence electrons. The highest BCUT2D eigenvalue weighted by atomic mass is 28.3. The topological polar surface area (TPSA) is 50.7 Å². The summed E-state index contributed by atoms with van der Waals surface area (Å²) in [5.41, 5.74) is 4.79. The molecule has 0 aliphatic carbocycles. The normalized spacial score (nSPS) is 18.2. The van der Waals surface area contributed by atoms with Gasteiger partial charge in [-0.05, 0) is 34.8 Å². The van der Waals surface area contributed by atoms with Gasteiger partial charge in [-0.1, -0.05) is 83.9 Å². The lowest BCUT2D eigenvalue weighted by Crippen LogP contribution is -2.45. The van der Waals surface area contributed by atoms with E-state index in [-0.39, 0.29) is 24.4 Å². The van der Waals surface area contributed by atoms with E-state index in [9.17, 15) is 4.79 Å². The van der Waals surface area contributed by atoms with Crippen LogP contribution in [0.15, 0.2) is 59.6 Å². The maximum Gasteiger partial charge on any atom is 0.293 e. The summed E-state index contributed by atoms with van der Waals surface area (Å²) < 4.78 is 20.8. The van der Waals surface area contributed by atoms with E-state index in [2.05, 4.69) is 58.3 Å². The number of amidine groups is 1. The molecule has 1 atom stereocenters. The number of hydrogen-bond acceptors (Lipinski definition) is 3. The third-order valence-corrected chi connectivity index (χ3v) is 13.2. The Labute approximate surface area is 204 Å². The van der Waals surface area contributed by atoms with Gasteiger partial charge in [-0.2, -0.15) is 0 Å². The highest BCUT2D eigenvalue weighted by Crippen LogP contribution is 2.42. The van der Waals surface area contributed by atoms with E-state index < -0.39 is 13.6 Å². The molecule has 6 heteroatoms. The second-order valence-corrected chi connectivity index (χ2v) is 15.4. The molecule has 0 unspecified atom stereocenters. The van der Waals surface area contributed by atoms with E-state index in [0.717, 1.165) is 0 Å². The van der Waals surface area contributed by atoms with Gasteiger partial charge in [-0.3, -0.25) is 10.1 Å². The predicted octanol–water partition coefficient (Wildman–Crippen LogP) is 6.45. The minimum absolute atomic E-state index is 0.0727. The lowest BCUT2D eigenvalue weighted by molar-refractivity contribution is 0.0960. The molecule has 1 amide bonds. The van der Waals surface area contributed by atoms with Crippen LogP contribution in [0.4, 0.5) is 4.39 Å². The summed E-state index contributed by atoms with van der Waals surface area (Å²) in [6, 6.07) is 15.6. The summed E-state index contributed by atoms with van der Waals surface area (Å²) in [4.78, 5) is 17.5. The molecule has 0 spiro atoms. The van der Waals surface area contributed by atoms with Gasteiger partial charge in [0.05, 0.1) is 6.61 Å². The maximum absolute atomic E-state index is 15.1. The van der Waals surface area contributed by atoms with Crippen LogP contribution >= 0.6 is 0 Å². The Morgan fingerprint density at radius 1 is 1.00 bits per heavy atom. The molecule has 4 nitrogen and oxygen atoms in total. The summed E-state index contributed by atoms with van der Waals surface area (Å²) >= 11 is 0. The number of carbonyl (C=O) groups excluding carboxylic acids is 1. The quantitative estimate of drug-likeness (QED) is 0.397. The van der Waals surface area contributed by atoms with Crippen LogP contribution < -0.4 is 5.32 Å². The molecule has 3 rings (SSSR count). The number of benzene rings is 2. The van der Waals surface area contributed by atoms with Crippen molar-refractivity contribution in [3.63, 3.8) is 0 Å². The molecule has 1 heterocycles. The van der Waals surface area contributed by atoms with Gasteiger partial charge in [-0.25, -0.2) is 9.38 Å². The molecule has 2 aromatic rings. The number of amides is 1. The van der Waals surface area contributed by atoms with E-state index in [1.54, 1.807) is 42.5 Å². The minimum atomic E-state index is -2.10. The van der Waals surface area contributed by atoms with Crippen molar-refractivity contribution in [3.8, 4) is 11.5 Å². The number of nitrogens with one attached hydrogen (secondary N) is 1. The van der Waals surface area contributed by atoms with Crippen LogP contribution in [0.1, 0.15) is 63.9 Å². The summed E-state index contributed by atoms with van der Waals surface area (Å²) in [7, 11) is -2.10. The molecule has 1 aliphatic heterocycles. The average molecular weight is 479 g/mol. The van der Waals surface area contributed by atoms with E-state index in [1.807, 2.05) is 6.07 Å². The lowest BCUT2D eigenvalue weighted by Gasteiger charge is -2.39. The van der Waals surface area contributed by atoms with Crippen LogP contribution in [0.3, 0.4) is 0 Å². The van der Waals surface area contributed by atoms with Crippen LogP contribution in [0.2, 0.25) is 16.6 Å². The molecule has 0 saturated carbocycles. The smallest absolute Gasteiger partial charge is 0.293 e. The van der Waals surface area contributed by atoms with Crippen LogP contribution in [0, 0.1) is 17.3 Å². The largest absolute Gasteiger partial charge is 0.465 e. The molecule has 0 radical (unpaired) electrons. The molecule has 34 heavy (non-hydrogen) atoms. The van der Waals surface area contributed by atoms with E-state index >= 15 is 4.39 Å². The van der Waals surface area contributed by atoms with Crippen molar-refractivity contribution >= 4 is 20.0 Å². The fourth-order valence-electron chi connectivity index (χ4n) is 5.17. The zero-order valence-corrected chi connectivity index (χ0v) is 22.0. The highest BCUT2D eigenvalue weighted by molar-refractivity contribution is 6.90. The van der Waals surface area contributed by atoms with Crippen molar-refractivity contribution in [3.05, 3.63) is 71.5 Å². The van der Waals surface area contributed by atoms with Gasteiger partial charge in [0.2, 0.25) is 0 Å². The summed E-state index contributed by atoms with van der Waals surface area (Å²) in [5, 5.41) is 2.75. The molecule has 2 aromatic carbocycles. The minimum Gasteiger partial charge on any atom is -0.465 e. The SMILES string of the molecule is CC(C)[Si](C#C[C@@]1(c2ccccc2F)CCOC(NC(=O)c2ccccc2)=N1)(C(C)C)C(C)C. The number of ether oxygens (including phenoxy) is 1. The maximum atomic E-state index is 15.1. The Bertz CT molecular complexity index is 1080. The Morgan fingerprint density at radius 3 is 2.18 bits per heavy atom. The van der Waals surface area contributed by atoms with Crippen molar-refractivity contribution in [1.82, 2.24) is 5.32 Å². The Kier molecular flexibility index (Phi) is 7.99. The van der Waals surface area contributed by atoms with Crippen molar-refractivity contribution < 1.29 is 13.9 Å². The van der Waals surface area contributed by atoms with Gasteiger partial charge in [-0.15, -0.1) is 5.54 Å². The van der Waals surface area contributed by atoms with Crippen molar-refractivity contribution in [2.45, 2.75) is 70.1 Å². The molecular formula is C28H35FN2O2Si. The highest BCUT2D eigenvalue weighted by Gasteiger charge is 2.43. The zero-order valence-electron chi connectivity index (χ0n) is 21.0. The molecule has 0 saturated heterocycles. The van der Waals surface area contributed by atoms with Gasteiger partial charge >= 0.3 is 0 Å². The molecule has 0 fully saturated rings. The molecule has 1 aliphatic rings. The van der Waals surface area contributed by atoms with E-state index in [4.69, 9.17) is 9.73 Å². The summed E-state index contributed by atoms with van der Waals surface area (Å²) in [5.74, 6) is 2.79. The van der Waals surface area contributed by atoms with Crippen molar-refractivity contribution in [2.75, 3.05) is 6.61 Å². The second-order valence-electron chi connectivity index (χ2n) is 9.82. The number of nitrogens with zero attached hydrogens (tertiary/aromatic N) is 1.